The van der Waals surface area contributed by atoms with Gasteiger partial charge in [-0.15, -0.1) is 0 Å². The normalized spacial score (nSPS) is 16.8. The lowest BCUT2D eigenvalue weighted by Gasteiger charge is -2.38. The molecule has 3 rings (SSSR count). The molecule has 2 N–H and O–H groups in total. The molecule has 2 aromatic rings. The van der Waals surface area contributed by atoms with Crippen LogP contribution < -0.4 is 16.0 Å². The molecule has 1 aliphatic heterocycles. The lowest BCUT2D eigenvalue weighted by Crippen LogP contribution is -2.49. The van der Waals surface area contributed by atoms with Gasteiger partial charge < -0.3 is 14.0 Å². The highest BCUT2D eigenvalue weighted by atomic mass is 19.1. The van der Waals surface area contributed by atoms with E-state index in [4.69, 9.17) is 15.3 Å². The van der Waals surface area contributed by atoms with Crippen LogP contribution in [0.15, 0.2) is 29.2 Å². The van der Waals surface area contributed by atoms with E-state index in [0.717, 1.165) is 18.3 Å². The first-order valence-corrected chi connectivity index (χ1v) is 9.88. The fraction of sp³-hybridized carbons (Fsp3) is 0.364. The minimum atomic E-state index is -1.17. The summed E-state index contributed by atoms with van der Waals surface area (Å²) in [7, 11) is 2.61. The Morgan fingerprint density at radius 2 is 1.91 bits per heavy atom. The van der Waals surface area contributed by atoms with Crippen LogP contribution in [0.25, 0.3) is 0 Å². The Morgan fingerprint density at radius 1 is 1.24 bits per heavy atom. The molecule has 0 fully saturated rings. The molecule has 9 nitrogen and oxygen atoms in total. The van der Waals surface area contributed by atoms with E-state index in [2.05, 4.69) is 0 Å². The summed E-state index contributed by atoms with van der Waals surface area (Å²) < 4.78 is 38.9. The first kappa shape index (κ1) is 24.2. The average Bonchev–Trinajstić information content (AvgIpc) is 2.77. The van der Waals surface area contributed by atoms with Gasteiger partial charge >= 0.3 is 0 Å². The molecule has 0 spiro atoms. The molecule has 0 radical (unpaired) electrons. The van der Waals surface area contributed by atoms with Crippen LogP contribution in [-0.2, 0) is 22.5 Å². The number of hydrogen-bond acceptors (Lipinski definition) is 7. The maximum Gasteiger partial charge on any atom is 0.280 e. The minimum absolute atomic E-state index is 0.0272. The van der Waals surface area contributed by atoms with Crippen LogP contribution in [0.1, 0.15) is 40.3 Å². The molecule has 1 aromatic heterocycles. The van der Waals surface area contributed by atoms with E-state index in [0.29, 0.717) is 6.07 Å². The summed E-state index contributed by atoms with van der Waals surface area (Å²) in [5.41, 5.74) is -2.62. The third kappa shape index (κ3) is 4.16. The van der Waals surface area contributed by atoms with Gasteiger partial charge in [0.15, 0.2) is 11.5 Å². The summed E-state index contributed by atoms with van der Waals surface area (Å²) in [6, 6.07) is 2.60. The fourth-order valence-corrected chi connectivity index (χ4v) is 3.74. The maximum absolute atomic E-state index is 13.9. The van der Waals surface area contributed by atoms with Crippen molar-refractivity contribution in [2.24, 2.45) is 11.3 Å². The topological polar surface area (TPSA) is 121 Å². The third-order valence-corrected chi connectivity index (χ3v) is 5.77. The van der Waals surface area contributed by atoms with Gasteiger partial charge in [0.1, 0.15) is 22.9 Å². The fourth-order valence-electron chi connectivity index (χ4n) is 3.74. The number of hydrazine groups is 1. The number of ketones is 1. The molecule has 1 unspecified atom stereocenters. The number of aromatic nitrogens is 1. The number of rotatable bonds is 5. The summed E-state index contributed by atoms with van der Waals surface area (Å²) in [4.78, 5) is 51.4. The lowest BCUT2D eigenvalue weighted by atomic mass is 9.77. The molecule has 0 saturated heterocycles. The summed E-state index contributed by atoms with van der Waals surface area (Å²) in [5.74, 6) is 0.849. The van der Waals surface area contributed by atoms with E-state index in [9.17, 15) is 28.0 Å². The molecule has 1 aromatic carbocycles. The number of pyridine rings is 1. The molecule has 0 saturated carbocycles. The number of carbonyl (C=O) groups excluding carboxylic acids is 3. The Kier molecular flexibility index (Phi) is 6.48. The van der Waals surface area contributed by atoms with Crippen molar-refractivity contribution >= 4 is 17.6 Å². The van der Waals surface area contributed by atoms with Crippen molar-refractivity contribution in [1.29, 1.82) is 0 Å². The van der Waals surface area contributed by atoms with Crippen LogP contribution in [0.3, 0.4) is 0 Å². The summed E-state index contributed by atoms with van der Waals surface area (Å²) in [6.45, 7) is 3.47. The van der Waals surface area contributed by atoms with Crippen LogP contribution in [0, 0.1) is 17.0 Å². The Bertz CT molecular complexity index is 1210. The van der Waals surface area contributed by atoms with Crippen LogP contribution in [0.5, 0.6) is 5.75 Å². The molecule has 1 atom stereocenters. The molecule has 33 heavy (non-hydrogen) atoms. The van der Waals surface area contributed by atoms with E-state index < -0.39 is 58.2 Å². The maximum atomic E-state index is 13.9. The molecule has 176 valence electrons. The summed E-state index contributed by atoms with van der Waals surface area (Å²) >= 11 is 0. The first-order chi connectivity index (χ1) is 15.4. The number of Topliss-reactive ketones (excluding diaryl/α,β-unsaturated/α-hetero) is 1. The number of ether oxygens (including phenoxy) is 2. The third-order valence-electron chi connectivity index (χ3n) is 5.77. The van der Waals surface area contributed by atoms with Gasteiger partial charge in [-0.25, -0.2) is 19.6 Å². The molecule has 2 heterocycles. The highest BCUT2D eigenvalue weighted by Crippen LogP contribution is 2.36. The van der Waals surface area contributed by atoms with Gasteiger partial charge in [0.05, 0.1) is 31.6 Å². The molecular formula is C22H23F2N3O6. The van der Waals surface area contributed by atoms with Crippen LogP contribution >= 0.6 is 0 Å². The van der Waals surface area contributed by atoms with Crippen molar-refractivity contribution < 1.29 is 32.6 Å². The predicted octanol–water partition coefficient (Wildman–Crippen LogP) is 1.46. The van der Waals surface area contributed by atoms with Crippen LogP contribution in [-0.4, -0.2) is 47.5 Å². The number of amides is 2. The van der Waals surface area contributed by atoms with Gasteiger partial charge in [0.2, 0.25) is 11.3 Å². The Hall–Kier alpha value is -3.44. The molecule has 1 aliphatic rings. The monoisotopic (exact) mass is 463 g/mol. The van der Waals surface area contributed by atoms with Gasteiger partial charge in [-0.2, -0.15) is 0 Å². The van der Waals surface area contributed by atoms with E-state index >= 15 is 0 Å². The largest absolute Gasteiger partial charge is 0.491 e. The summed E-state index contributed by atoms with van der Waals surface area (Å²) in [6.07, 6.45) is -0.0894. The Morgan fingerprint density at radius 3 is 2.48 bits per heavy atom. The van der Waals surface area contributed by atoms with Gasteiger partial charge in [0, 0.05) is 19.4 Å². The Labute approximate surface area is 187 Å². The van der Waals surface area contributed by atoms with E-state index in [1.165, 1.54) is 18.8 Å². The Balaban J connectivity index is 1.99. The first-order valence-electron chi connectivity index (χ1n) is 9.88. The zero-order valence-corrected chi connectivity index (χ0v) is 18.5. The van der Waals surface area contributed by atoms with E-state index in [-0.39, 0.29) is 28.6 Å². The number of benzene rings is 1. The standard InChI is InChI=1S/C22H23F2N3O6/c1-22(2)15(32-3)10-26-9-13(18(29)19(33-4)17(26)20(22)30)21(31)27(25)16(28)7-11-5-6-12(23)8-14(11)24/h5-6,8-9,15H,7,10,25H2,1-4H3. The average molecular weight is 463 g/mol. The quantitative estimate of drug-likeness (QED) is 0.405. The number of carbonyl (C=O) groups is 3. The van der Waals surface area contributed by atoms with Gasteiger partial charge in [-0.1, -0.05) is 6.07 Å². The van der Waals surface area contributed by atoms with Crippen molar-refractivity contribution in [2.75, 3.05) is 14.2 Å². The second kappa shape index (κ2) is 8.83. The number of nitrogens with two attached hydrogens (primary N) is 1. The number of imide groups is 1. The van der Waals surface area contributed by atoms with Crippen LogP contribution in [0.4, 0.5) is 8.78 Å². The van der Waals surface area contributed by atoms with Crippen molar-refractivity contribution in [2.45, 2.75) is 32.9 Å². The van der Waals surface area contributed by atoms with Crippen LogP contribution in [0.2, 0.25) is 0 Å². The number of nitrogens with zero attached hydrogens (tertiary/aromatic N) is 2. The number of hydrogen-bond donors (Lipinski definition) is 1. The summed E-state index contributed by atoms with van der Waals surface area (Å²) in [5, 5.41) is 0.175. The lowest BCUT2D eigenvalue weighted by molar-refractivity contribution is -0.128. The molecular weight excluding hydrogens is 440 g/mol. The SMILES string of the molecule is COc1c2n(cc(C(=O)N(N)C(=O)Cc3ccc(F)cc3F)c1=O)CC(OC)C(C)(C)C2=O. The number of halogens is 2. The highest BCUT2D eigenvalue weighted by molar-refractivity contribution is 6.06. The minimum Gasteiger partial charge on any atom is -0.491 e. The second-order valence-corrected chi connectivity index (χ2v) is 8.16. The smallest absolute Gasteiger partial charge is 0.280 e. The van der Waals surface area contributed by atoms with E-state index in [1.807, 2.05) is 0 Å². The van der Waals surface area contributed by atoms with Crippen molar-refractivity contribution in [3.63, 3.8) is 0 Å². The van der Waals surface area contributed by atoms with Crippen molar-refractivity contribution in [1.82, 2.24) is 9.58 Å². The zero-order valence-electron chi connectivity index (χ0n) is 18.5. The molecule has 0 aliphatic carbocycles. The van der Waals surface area contributed by atoms with Gasteiger partial charge in [0.25, 0.3) is 5.91 Å². The zero-order chi connectivity index (χ0) is 24.7. The van der Waals surface area contributed by atoms with Crippen molar-refractivity contribution in [3.05, 3.63) is 63.1 Å². The second-order valence-electron chi connectivity index (χ2n) is 8.16. The molecule has 0 bridgehead atoms. The van der Waals surface area contributed by atoms with Crippen molar-refractivity contribution in [3.8, 4) is 5.75 Å². The van der Waals surface area contributed by atoms with Gasteiger partial charge in [-0.3, -0.25) is 19.2 Å². The predicted molar refractivity (Wildman–Crippen MR) is 112 cm³/mol. The highest BCUT2D eigenvalue weighted by Gasteiger charge is 2.45. The number of fused-ring (bicyclic) bond motifs is 1. The van der Waals surface area contributed by atoms with Gasteiger partial charge in [-0.05, 0) is 25.5 Å². The van der Waals surface area contributed by atoms with E-state index in [1.54, 1.807) is 13.8 Å². The molecule has 2 amide bonds. The molecule has 11 heteroatoms. The number of methoxy groups -OCH3 is 2.